The lowest BCUT2D eigenvalue weighted by atomic mass is 10.6. The second kappa shape index (κ2) is 4.46. The van der Waals surface area contributed by atoms with Crippen molar-refractivity contribution in [3.05, 3.63) is 17.5 Å². The first-order chi connectivity index (χ1) is 2.91. The van der Waals surface area contributed by atoms with Crippen molar-refractivity contribution < 1.29 is 5.11 Å². The Kier molecular flexibility index (Phi) is 4.06. The van der Waals surface area contributed by atoms with Crippen LogP contribution in [0.2, 0.25) is 0 Å². The van der Waals surface area contributed by atoms with Crippen molar-refractivity contribution in [2.45, 2.75) is 0 Å². The van der Waals surface area contributed by atoms with Gasteiger partial charge in [0.1, 0.15) is 0 Å². The lowest BCUT2D eigenvalue weighted by Crippen LogP contribution is -2.00. The summed E-state index contributed by atoms with van der Waals surface area (Å²) in [6.45, 7) is 0.177. The Labute approximate surface area is 35.9 Å². The molecule has 6 heavy (non-hydrogen) atoms. The van der Waals surface area contributed by atoms with Gasteiger partial charge in [0.2, 0.25) is 0 Å². The van der Waals surface area contributed by atoms with Gasteiger partial charge in [0, 0.05) is 6.54 Å². The second-order valence-electron chi connectivity index (χ2n) is 0.733. The molecule has 0 atom stereocenters. The third-order valence-electron chi connectivity index (χ3n) is 0.307. The fraction of sp³-hybridized carbons (Fsp3) is 0.333. The number of aliphatic hydroxyl groups excluding tert-OH is 1. The minimum Gasteiger partial charge on any atom is -0.788 e. The van der Waals surface area contributed by atoms with E-state index in [1.54, 1.807) is 5.48 Å². The summed E-state index contributed by atoms with van der Waals surface area (Å²) >= 11 is 0. The van der Waals surface area contributed by atoms with Crippen LogP contribution in [0.15, 0.2) is 12.3 Å². The summed E-state index contributed by atoms with van der Waals surface area (Å²) in [6.07, 6.45) is 2.14. The molecular weight excluding hydrogens is 82.0 g/mol. The minimum atomic E-state index is 0.177. The number of hydrogen-bond donors (Lipinski definition) is 2. The molecule has 3 heteroatoms. The van der Waals surface area contributed by atoms with E-state index in [2.05, 4.69) is 0 Å². The monoisotopic (exact) mass is 88.0 g/mol. The van der Waals surface area contributed by atoms with Crippen molar-refractivity contribution >= 4 is 0 Å². The van der Waals surface area contributed by atoms with Gasteiger partial charge in [0.15, 0.2) is 0 Å². The Bertz CT molecular complexity index is 44.1. The first-order valence-electron chi connectivity index (χ1n) is 1.56. The maximum atomic E-state index is 9.28. The zero-order valence-electron chi connectivity index (χ0n) is 3.22. The van der Waals surface area contributed by atoms with Crippen molar-refractivity contribution in [3.63, 3.8) is 0 Å². The molecule has 0 rings (SSSR count). The van der Waals surface area contributed by atoms with E-state index in [-0.39, 0.29) is 6.54 Å². The molecule has 0 fully saturated rings. The van der Waals surface area contributed by atoms with Crippen LogP contribution >= 0.6 is 0 Å². The highest BCUT2D eigenvalue weighted by Gasteiger charge is 1.57. The fourth-order valence-corrected chi connectivity index (χ4v) is 0.101. The van der Waals surface area contributed by atoms with Crippen LogP contribution in [0.5, 0.6) is 0 Å². The molecule has 0 heterocycles. The maximum absolute atomic E-state index is 9.28. The summed E-state index contributed by atoms with van der Waals surface area (Å²) < 4.78 is 0. The molecule has 0 aromatic heterocycles. The van der Waals surface area contributed by atoms with Crippen LogP contribution < -0.4 is 5.48 Å². The molecule has 0 aromatic rings. The zero-order valence-corrected chi connectivity index (χ0v) is 3.22. The number of rotatable bonds is 2. The number of hydroxylamine groups is 1. The van der Waals surface area contributed by atoms with Gasteiger partial charge < -0.3 is 15.8 Å². The van der Waals surface area contributed by atoms with Crippen LogP contribution in [-0.2, 0) is 0 Å². The molecular formula is C3H6NO2-. The Morgan fingerprint density at radius 3 is 2.67 bits per heavy atom. The Morgan fingerprint density at radius 2 is 2.50 bits per heavy atom. The molecule has 0 radical (unpaired) electrons. The van der Waals surface area contributed by atoms with Gasteiger partial charge in [-0.15, -0.1) is 0 Å². The van der Waals surface area contributed by atoms with Crippen LogP contribution in [0.4, 0.5) is 0 Å². The van der Waals surface area contributed by atoms with Gasteiger partial charge in [-0.3, -0.25) is 0 Å². The summed E-state index contributed by atoms with van der Waals surface area (Å²) in [4.78, 5) is 0. The molecule has 0 saturated heterocycles. The van der Waals surface area contributed by atoms with Gasteiger partial charge in [-0.1, -0.05) is 0 Å². The summed E-state index contributed by atoms with van der Waals surface area (Å²) in [6, 6.07) is 0. The molecule has 3 nitrogen and oxygen atoms in total. The summed E-state index contributed by atoms with van der Waals surface area (Å²) in [5, 5.41) is 17.1. The van der Waals surface area contributed by atoms with Crippen LogP contribution in [-0.4, -0.2) is 11.7 Å². The van der Waals surface area contributed by atoms with Crippen molar-refractivity contribution in [2.75, 3.05) is 6.54 Å². The summed E-state index contributed by atoms with van der Waals surface area (Å²) in [5.41, 5.74) is 1.57. The molecule has 0 amide bonds. The van der Waals surface area contributed by atoms with E-state index in [4.69, 9.17) is 5.11 Å². The first-order valence-corrected chi connectivity index (χ1v) is 1.56. The fourth-order valence-electron chi connectivity index (χ4n) is 0.101. The molecule has 0 aliphatic rings. The van der Waals surface area contributed by atoms with Gasteiger partial charge in [-0.2, -0.15) is 0 Å². The summed E-state index contributed by atoms with van der Waals surface area (Å²) in [7, 11) is 0. The molecule has 0 unspecified atom stereocenters. The highest BCUT2D eigenvalue weighted by Crippen LogP contribution is 1.58. The lowest BCUT2D eigenvalue weighted by molar-refractivity contribution is 0.471. The van der Waals surface area contributed by atoms with E-state index >= 15 is 0 Å². The normalized spacial score (nSPS) is 10.2. The minimum absolute atomic E-state index is 0.177. The van der Waals surface area contributed by atoms with Crippen molar-refractivity contribution in [1.29, 1.82) is 0 Å². The highest BCUT2D eigenvalue weighted by atomic mass is 16.5. The van der Waals surface area contributed by atoms with Crippen molar-refractivity contribution in [2.24, 2.45) is 0 Å². The largest absolute Gasteiger partial charge is 0.788 e. The SMILES string of the molecule is [O-]NCC=CO. The van der Waals surface area contributed by atoms with E-state index < -0.39 is 0 Å². The smallest absolute Gasteiger partial charge is 0.0764 e. The molecule has 0 aliphatic carbocycles. The Morgan fingerprint density at radius 1 is 1.83 bits per heavy atom. The third kappa shape index (κ3) is 3.46. The standard InChI is InChI=1S/C3H6NO2/c5-3-1-2-4-6/h1,3-5H,2H2/q-1. The van der Waals surface area contributed by atoms with E-state index in [0.29, 0.717) is 0 Å². The third-order valence-corrected chi connectivity index (χ3v) is 0.307. The quantitative estimate of drug-likeness (QED) is 0.373. The van der Waals surface area contributed by atoms with Crippen LogP contribution in [0, 0.1) is 5.21 Å². The van der Waals surface area contributed by atoms with Gasteiger partial charge in [-0.05, 0) is 6.08 Å². The van der Waals surface area contributed by atoms with Gasteiger partial charge >= 0.3 is 0 Å². The molecule has 0 spiro atoms. The van der Waals surface area contributed by atoms with E-state index in [9.17, 15) is 5.21 Å². The van der Waals surface area contributed by atoms with Crippen LogP contribution in [0.3, 0.4) is 0 Å². The lowest BCUT2D eigenvalue weighted by Gasteiger charge is -1.98. The van der Waals surface area contributed by atoms with Crippen molar-refractivity contribution in [3.8, 4) is 0 Å². The Balaban J connectivity index is 2.66. The summed E-state index contributed by atoms with van der Waals surface area (Å²) in [5.74, 6) is 0. The maximum Gasteiger partial charge on any atom is 0.0764 e. The average Bonchev–Trinajstić information content (AvgIpc) is 1.61. The molecule has 0 aliphatic heterocycles. The average molecular weight is 88.1 g/mol. The molecule has 36 valence electrons. The second-order valence-corrected chi connectivity index (χ2v) is 0.733. The van der Waals surface area contributed by atoms with E-state index in [0.717, 1.165) is 6.26 Å². The molecule has 0 saturated carbocycles. The number of nitrogens with one attached hydrogen (secondary N) is 1. The van der Waals surface area contributed by atoms with Crippen LogP contribution in [0.1, 0.15) is 0 Å². The van der Waals surface area contributed by atoms with Gasteiger partial charge in [0.05, 0.1) is 6.26 Å². The zero-order chi connectivity index (χ0) is 4.83. The van der Waals surface area contributed by atoms with E-state index in [1.165, 1.54) is 6.08 Å². The van der Waals surface area contributed by atoms with Gasteiger partial charge in [0.25, 0.3) is 0 Å². The predicted molar refractivity (Wildman–Crippen MR) is 23.1 cm³/mol. The highest BCUT2D eigenvalue weighted by molar-refractivity contribution is 4.73. The van der Waals surface area contributed by atoms with Gasteiger partial charge in [-0.25, -0.2) is 0 Å². The number of hydrogen-bond acceptors (Lipinski definition) is 3. The topological polar surface area (TPSA) is 55.3 Å². The molecule has 0 aromatic carbocycles. The van der Waals surface area contributed by atoms with E-state index in [1.807, 2.05) is 0 Å². The number of aliphatic hydroxyl groups is 1. The first kappa shape index (κ1) is 5.46. The van der Waals surface area contributed by atoms with Crippen LogP contribution in [0.25, 0.3) is 0 Å². The Hall–Kier alpha value is -0.540. The molecule has 0 bridgehead atoms. The predicted octanol–water partition coefficient (Wildman–Crippen LogP) is 0.145. The molecule has 2 N–H and O–H groups in total. The van der Waals surface area contributed by atoms with Crippen molar-refractivity contribution in [1.82, 2.24) is 5.48 Å².